The standard InChI is InChI=1S/C22H30N2O2/c1-3-22-11-7-13-24-16(15-26-4-2)14-18(21(22)24)17-8-5-6-9-19(17)23-20(25)10-12-22/h5-6,8-9,14,17,19H,3-4,7,10-13,15H2,1-2H3,(H,23,25)/t17?,19?,22-/m0/s1. The summed E-state index contributed by atoms with van der Waals surface area (Å²) < 4.78 is 8.31. The Bertz CT molecular complexity index is 746. The molecule has 0 radical (unpaired) electrons. The second kappa shape index (κ2) is 7.07. The monoisotopic (exact) mass is 354 g/mol. The highest BCUT2D eigenvalue weighted by Gasteiger charge is 2.42. The Balaban J connectivity index is 1.89. The summed E-state index contributed by atoms with van der Waals surface area (Å²) in [6.07, 6.45) is 13.6. The van der Waals surface area contributed by atoms with E-state index in [1.54, 1.807) is 0 Å². The lowest BCUT2D eigenvalue weighted by Crippen LogP contribution is -2.37. The number of rotatable bonds is 4. The summed E-state index contributed by atoms with van der Waals surface area (Å²) in [4.78, 5) is 12.6. The first-order valence-electron chi connectivity index (χ1n) is 10.1. The van der Waals surface area contributed by atoms with E-state index < -0.39 is 0 Å². The Kier molecular flexibility index (Phi) is 4.78. The zero-order valence-electron chi connectivity index (χ0n) is 16.0. The van der Waals surface area contributed by atoms with Crippen LogP contribution in [0, 0.1) is 0 Å². The van der Waals surface area contributed by atoms with Crippen molar-refractivity contribution < 1.29 is 9.53 Å². The molecule has 0 spiro atoms. The number of hydrogen-bond donors (Lipinski definition) is 1. The summed E-state index contributed by atoms with van der Waals surface area (Å²) in [5.74, 6) is 0.396. The minimum Gasteiger partial charge on any atom is -0.376 e. The number of fused-ring (bicyclic) bond motifs is 2. The zero-order chi connectivity index (χ0) is 18.1. The van der Waals surface area contributed by atoms with Crippen LogP contribution in [0.25, 0.3) is 0 Å². The topological polar surface area (TPSA) is 43.3 Å². The molecule has 3 aliphatic rings. The maximum absolute atomic E-state index is 12.6. The predicted octanol–water partition coefficient (Wildman–Crippen LogP) is 3.95. The third kappa shape index (κ3) is 2.84. The Hall–Kier alpha value is -1.81. The quantitative estimate of drug-likeness (QED) is 0.889. The van der Waals surface area contributed by atoms with Crippen LogP contribution < -0.4 is 5.32 Å². The number of aromatic nitrogens is 1. The van der Waals surface area contributed by atoms with E-state index in [2.05, 4.69) is 54.1 Å². The summed E-state index contributed by atoms with van der Waals surface area (Å²) in [7, 11) is 0. The third-order valence-electron chi connectivity index (χ3n) is 6.53. The van der Waals surface area contributed by atoms with Gasteiger partial charge in [0.25, 0.3) is 0 Å². The number of amides is 1. The molecule has 1 aromatic rings. The average molecular weight is 354 g/mol. The number of ether oxygens (including phenoxy) is 1. The molecule has 1 aromatic heterocycles. The molecule has 0 fully saturated rings. The van der Waals surface area contributed by atoms with Gasteiger partial charge < -0.3 is 14.6 Å². The molecule has 0 saturated carbocycles. The van der Waals surface area contributed by atoms with Crippen LogP contribution in [0.2, 0.25) is 0 Å². The minimum absolute atomic E-state index is 0.0501. The van der Waals surface area contributed by atoms with Crippen molar-refractivity contribution >= 4 is 5.91 Å². The van der Waals surface area contributed by atoms with Crippen molar-refractivity contribution in [1.82, 2.24) is 9.88 Å². The van der Waals surface area contributed by atoms with Gasteiger partial charge in [0.1, 0.15) is 0 Å². The van der Waals surface area contributed by atoms with E-state index in [-0.39, 0.29) is 23.3 Å². The summed E-state index contributed by atoms with van der Waals surface area (Å²) in [6, 6.07) is 2.41. The van der Waals surface area contributed by atoms with Crippen molar-refractivity contribution in [2.24, 2.45) is 0 Å². The molecule has 4 heteroatoms. The highest BCUT2D eigenvalue weighted by molar-refractivity contribution is 5.77. The Morgan fingerprint density at radius 3 is 2.92 bits per heavy atom. The van der Waals surface area contributed by atoms with E-state index in [1.165, 1.54) is 29.8 Å². The molecule has 4 rings (SSSR count). The Morgan fingerprint density at radius 1 is 1.27 bits per heavy atom. The van der Waals surface area contributed by atoms with Crippen LogP contribution in [0.1, 0.15) is 68.8 Å². The fourth-order valence-electron chi connectivity index (χ4n) is 5.16. The van der Waals surface area contributed by atoms with Gasteiger partial charge in [-0.25, -0.2) is 0 Å². The SMILES string of the molecule is CCOCc1cc2c3n1CCC[C@@]3(CC)CCC(=O)NC1C=CC=CC21. The van der Waals surface area contributed by atoms with Crippen molar-refractivity contribution in [2.45, 2.75) is 76.5 Å². The maximum Gasteiger partial charge on any atom is 0.220 e. The van der Waals surface area contributed by atoms with Crippen LogP contribution in [0.4, 0.5) is 0 Å². The molecule has 26 heavy (non-hydrogen) atoms. The van der Waals surface area contributed by atoms with Crippen molar-refractivity contribution in [3.8, 4) is 0 Å². The zero-order valence-corrected chi connectivity index (χ0v) is 16.0. The third-order valence-corrected chi connectivity index (χ3v) is 6.53. The van der Waals surface area contributed by atoms with E-state index in [4.69, 9.17) is 4.74 Å². The molecule has 1 amide bonds. The van der Waals surface area contributed by atoms with Gasteiger partial charge in [0.15, 0.2) is 0 Å². The van der Waals surface area contributed by atoms with Crippen LogP contribution in [0.3, 0.4) is 0 Å². The van der Waals surface area contributed by atoms with E-state index >= 15 is 0 Å². The highest BCUT2D eigenvalue weighted by atomic mass is 16.5. The molecular formula is C22H30N2O2. The van der Waals surface area contributed by atoms with Crippen LogP contribution in [-0.4, -0.2) is 23.1 Å². The lowest BCUT2D eigenvalue weighted by molar-refractivity contribution is -0.122. The smallest absolute Gasteiger partial charge is 0.220 e. The van der Waals surface area contributed by atoms with E-state index in [9.17, 15) is 4.79 Å². The van der Waals surface area contributed by atoms with Gasteiger partial charge >= 0.3 is 0 Å². The van der Waals surface area contributed by atoms with E-state index in [0.717, 1.165) is 26.0 Å². The van der Waals surface area contributed by atoms with Gasteiger partial charge in [-0.05, 0) is 44.2 Å². The molecule has 0 aromatic carbocycles. The molecular weight excluding hydrogens is 324 g/mol. The summed E-state index contributed by atoms with van der Waals surface area (Å²) >= 11 is 0. The molecule has 2 unspecified atom stereocenters. The second-order valence-electron chi connectivity index (χ2n) is 7.85. The molecule has 4 nitrogen and oxygen atoms in total. The number of nitrogens with zero attached hydrogens (tertiary/aromatic N) is 1. The first kappa shape index (κ1) is 17.6. The van der Waals surface area contributed by atoms with Gasteiger partial charge in [-0.2, -0.15) is 0 Å². The molecule has 3 atom stereocenters. The van der Waals surface area contributed by atoms with Crippen LogP contribution in [-0.2, 0) is 28.1 Å². The van der Waals surface area contributed by atoms with Crippen molar-refractivity contribution in [2.75, 3.05) is 6.61 Å². The molecule has 3 heterocycles. The summed E-state index contributed by atoms with van der Waals surface area (Å²) in [5.41, 5.74) is 4.28. The molecule has 0 bridgehead atoms. The molecule has 1 aliphatic carbocycles. The number of allylic oxidation sites excluding steroid dienone is 2. The number of carbonyl (C=O) groups excluding carboxylic acids is 1. The van der Waals surface area contributed by atoms with Crippen LogP contribution in [0.15, 0.2) is 30.4 Å². The first-order chi connectivity index (χ1) is 12.7. The Morgan fingerprint density at radius 2 is 2.12 bits per heavy atom. The van der Waals surface area contributed by atoms with E-state index in [1.807, 2.05) is 0 Å². The largest absolute Gasteiger partial charge is 0.376 e. The van der Waals surface area contributed by atoms with Crippen molar-refractivity contribution in [3.63, 3.8) is 0 Å². The number of nitrogens with one attached hydrogen (secondary N) is 1. The molecule has 2 aliphatic heterocycles. The summed E-state index contributed by atoms with van der Waals surface area (Å²) in [5, 5.41) is 3.26. The normalized spacial score (nSPS) is 30.0. The van der Waals surface area contributed by atoms with E-state index in [0.29, 0.717) is 13.0 Å². The fourth-order valence-corrected chi connectivity index (χ4v) is 5.16. The fraction of sp³-hybridized carbons (Fsp3) is 0.591. The average Bonchev–Trinajstić information content (AvgIpc) is 3.06. The van der Waals surface area contributed by atoms with Crippen LogP contribution in [0.5, 0.6) is 0 Å². The Labute approximate surface area is 156 Å². The lowest BCUT2D eigenvalue weighted by Gasteiger charge is -2.40. The van der Waals surface area contributed by atoms with Crippen molar-refractivity contribution in [1.29, 1.82) is 0 Å². The molecule has 0 saturated heterocycles. The van der Waals surface area contributed by atoms with Gasteiger partial charge in [-0.15, -0.1) is 0 Å². The lowest BCUT2D eigenvalue weighted by atomic mass is 9.69. The van der Waals surface area contributed by atoms with Gasteiger partial charge in [0.05, 0.1) is 12.6 Å². The van der Waals surface area contributed by atoms with Gasteiger partial charge in [-0.3, -0.25) is 4.79 Å². The maximum atomic E-state index is 12.6. The minimum atomic E-state index is 0.0501. The van der Waals surface area contributed by atoms with Crippen molar-refractivity contribution in [3.05, 3.63) is 47.3 Å². The van der Waals surface area contributed by atoms with Gasteiger partial charge in [0, 0.05) is 42.3 Å². The predicted molar refractivity (Wildman–Crippen MR) is 103 cm³/mol. The first-order valence-corrected chi connectivity index (χ1v) is 10.1. The molecule has 1 N–H and O–H groups in total. The van der Waals surface area contributed by atoms with Gasteiger partial charge in [0.2, 0.25) is 5.91 Å². The second-order valence-corrected chi connectivity index (χ2v) is 7.85. The number of hydrogen-bond acceptors (Lipinski definition) is 2. The number of carbonyl (C=O) groups is 1. The summed E-state index contributed by atoms with van der Waals surface area (Å²) in [6.45, 7) is 6.82. The van der Waals surface area contributed by atoms with Crippen LogP contribution >= 0.6 is 0 Å². The molecule has 140 valence electrons. The highest BCUT2D eigenvalue weighted by Crippen LogP contribution is 2.47. The van der Waals surface area contributed by atoms with Gasteiger partial charge in [-0.1, -0.05) is 31.2 Å².